The molecule has 0 aliphatic rings. The summed E-state index contributed by atoms with van der Waals surface area (Å²) in [7, 11) is -3.42. The number of carboxylic acids is 1. The van der Waals surface area contributed by atoms with Crippen LogP contribution >= 0.6 is 0 Å². The van der Waals surface area contributed by atoms with Gasteiger partial charge in [-0.1, -0.05) is 0 Å². The van der Waals surface area contributed by atoms with Gasteiger partial charge in [-0.05, 0) is 27.2 Å². The lowest BCUT2D eigenvalue weighted by molar-refractivity contribution is -0.137. The molecule has 0 saturated carbocycles. The van der Waals surface area contributed by atoms with Crippen LogP contribution in [0.15, 0.2) is 0 Å². The van der Waals surface area contributed by atoms with Gasteiger partial charge >= 0.3 is 5.97 Å². The molecule has 0 saturated heterocycles. The number of carbonyl (C=O) groups is 1. The summed E-state index contributed by atoms with van der Waals surface area (Å²) in [5.41, 5.74) is -0.561. The molecular formula is C10H21NO5S. The van der Waals surface area contributed by atoms with Crippen molar-refractivity contribution < 1.29 is 23.1 Å². The third-order valence-electron chi connectivity index (χ3n) is 2.06. The predicted molar refractivity (Wildman–Crippen MR) is 64.4 cm³/mol. The van der Waals surface area contributed by atoms with Gasteiger partial charge in [0.05, 0.1) is 11.4 Å². The molecule has 0 aliphatic heterocycles. The Kier molecular flexibility index (Phi) is 6.66. The molecule has 102 valence electrons. The normalized spacial score (nSPS) is 12.6. The molecule has 0 rings (SSSR count). The van der Waals surface area contributed by atoms with E-state index in [1.807, 2.05) is 6.92 Å². The maximum absolute atomic E-state index is 11.5. The van der Waals surface area contributed by atoms with Crippen LogP contribution < -0.4 is 4.72 Å². The second kappa shape index (κ2) is 6.93. The molecule has 0 heterocycles. The minimum Gasteiger partial charge on any atom is -0.481 e. The minimum atomic E-state index is -3.42. The number of hydrogen-bond donors (Lipinski definition) is 2. The molecule has 0 aromatic rings. The van der Waals surface area contributed by atoms with Crippen LogP contribution in [-0.2, 0) is 19.6 Å². The molecule has 0 fully saturated rings. The van der Waals surface area contributed by atoms with E-state index in [1.54, 1.807) is 13.8 Å². The molecule has 6 nitrogen and oxygen atoms in total. The van der Waals surface area contributed by atoms with Crippen molar-refractivity contribution >= 4 is 16.0 Å². The predicted octanol–water partition coefficient (Wildman–Crippen LogP) is 0.586. The summed E-state index contributed by atoms with van der Waals surface area (Å²) in [5, 5.41) is 8.40. The Morgan fingerprint density at radius 2 is 2.00 bits per heavy atom. The van der Waals surface area contributed by atoms with Crippen molar-refractivity contribution in [3.05, 3.63) is 0 Å². The Morgan fingerprint density at radius 1 is 1.41 bits per heavy atom. The second-order valence-electron chi connectivity index (χ2n) is 4.33. The first-order valence-electron chi connectivity index (χ1n) is 5.51. The van der Waals surface area contributed by atoms with Crippen molar-refractivity contribution in [3.8, 4) is 0 Å². The largest absolute Gasteiger partial charge is 0.481 e. The standard InChI is InChI=1S/C10H21NO5S/c1-4-16-10(2,3)8-11-17(14,15)7-5-6-9(12)13/h11H,4-8H2,1-3H3,(H,12,13). The second-order valence-corrected chi connectivity index (χ2v) is 6.26. The monoisotopic (exact) mass is 267 g/mol. The van der Waals surface area contributed by atoms with E-state index < -0.39 is 21.6 Å². The molecule has 0 amide bonds. The Hall–Kier alpha value is -0.660. The highest BCUT2D eigenvalue weighted by Gasteiger charge is 2.21. The van der Waals surface area contributed by atoms with Crippen LogP contribution in [-0.4, -0.2) is 44.0 Å². The molecule has 0 unspecified atom stereocenters. The summed E-state index contributed by atoms with van der Waals surface area (Å²) in [6, 6.07) is 0. The molecule has 0 radical (unpaired) electrons. The molecule has 0 aliphatic carbocycles. The van der Waals surface area contributed by atoms with Gasteiger partial charge in [-0.15, -0.1) is 0 Å². The number of rotatable bonds is 9. The Bertz CT molecular complexity index is 337. The van der Waals surface area contributed by atoms with Crippen LogP contribution in [0.25, 0.3) is 0 Å². The van der Waals surface area contributed by atoms with E-state index in [9.17, 15) is 13.2 Å². The SMILES string of the molecule is CCOC(C)(C)CNS(=O)(=O)CCCC(=O)O. The summed E-state index contributed by atoms with van der Waals surface area (Å²) >= 11 is 0. The third-order valence-corrected chi connectivity index (χ3v) is 3.47. The zero-order valence-electron chi connectivity index (χ0n) is 10.5. The summed E-state index contributed by atoms with van der Waals surface area (Å²) in [5.74, 6) is -1.17. The molecule has 0 spiro atoms. The van der Waals surface area contributed by atoms with Gasteiger partial charge in [0.25, 0.3) is 0 Å². The zero-order valence-corrected chi connectivity index (χ0v) is 11.3. The lowest BCUT2D eigenvalue weighted by atomic mass is 10.1. The van der Waals surface area contributed by atoms with Crippen molar-refractivity contribution in [1.29, 1.82) is 0 Å². The maximum Gasteiger partial charge on any atom is 0.303 e. The number of ether oxygens (including phenoxy) is 1. The van der Waals surface area contributed by atoms with E-state index in [0.717, 1.165) is 0 Å². The van der Waals surface area contributed by atoms with Gasteiger partial charge < -0.3 is 9.84 Å². The summed E-state index contributed by atoms with van der Waals surface area (Å²) in [6.45, 7) is 6.10. The van der Waals surface area contributed by atoms with Gasteiger partial charge in [0, 0.05) is 19.6 Å². The highest BCUT2D eigenvalue weighted by Crippen LogP contribution is 2.07. The van der Waals surface area contributed by atoms with Gasteiger partial charge in [-0.2, -0.15) is 0 Å². The molecule has 17 heavy (non-hydrogen) atoms. The fourth-order valence-corrected chi connectivity index (χ4v) is 2.45. The first kappa shape index (κ1) is 16.3. The number of carboxylic acid groups (broad SMARTS) is 1. The first-order chi connectivity index (χ1) is 7.68. The average molecular weight is 267 g/mol. The topological polar surface area (TPSA) is 92.7 Å². The van der Waals surface area contributed by atoms with E-state index >= 15 is 0 Å². The van der Waals surface area contributed by atoms with Crippen LogP contribution in [0.1, 0.15) is 33.6 Å². The quantitative estimate of drug-likeness (QED) is 0.637. The van der Waals surface area contributed by atoms with E-state index in [4.69, 9.17) is 9.84 Å². The van der Waals surface area contributed by atoms with Gasteiger partial charge in [0.2, 0.25) is 10.0 Å². The summed E-state index contributed by atoms with van der Waals surface area (Å²) < 4.78 is 30.8. The summed E-state index contributed by atoms with van der Waals surface area (Å²) in [4.78, 5) is 10.3. The fraction of sp³-hybridized carbons (Fsp3) is 0.900. The fourth-order valence-electron chi connectivity index (χ4n) is 1.21. The number of sulfonamides is 1. The molecular weight excluding hydrogens is 246 g/mol. The van der Waals surface area contributed by atoms with Crippen LogP contribution in [0.3, 0.4) is 0 Å². The van der Waals surface area contributed by atoms with Crippen LogP contribution in [0.4, 0.5) is 0 Å². The van der Waals surface area contributed by atoms with Crippen molar-refractivity contribution in [3.63, 3.8) is 0 Å². The van der Waals surface area contributed by atoms with E-state index in [-0.39, 0.29) is 25.1 Å². The van der Waals surface area contributed by atoms with Crippen LogP contribution in [0, 0.1) is 0 Å². The Labute approximate surface area is 102 Å². The maximum atomic E-state index is 11.5. The third kappa shape index (κ3) is 9.08. The lowest BCUT2D eigenvalue weighted by Gasteiger charge is -2.24. The van der Waals surface area contributed by atoms with Gasteiger partial charge in [0.1, 0.15) is 0 Å². The minimum absolute atomic E-state index is 0.111. The van der Waals surface area contributed by atoms with Crippen molar-refractivity contribution in [2.45, 2.75) is 39.2 Å². The van der Waals surface area contributed by atoms with Crippen molar-refractivity contribution in [2.24, 2.45) is 0 Å². The zero-order chi connectivity index (χ0) is 13.5. The molecule has 0 aromatic heterocycles. The molecule has 2 N–H and O–H groups in total. The Balaban J connectivity index is 4.05. The van der Waals surface area contributed by atoms with Crippen LogP contribution in [0.2, 0.25) is 0 Å². The Morgan fingerprint density at radius 3 is 2.47 bits per heavy atom. The first-order valence-corrected chi connectivity index (χ1v) is 7.17. The number of hydrogen-bond acceptors (Lipinski definition) is 4. The van der Waals surface area contributed by atoms with Crippen molar-refractivity contribution in [1.82, 2.24) is 4.72 Å². The van der Waals surface area contributed by atoms with Gasteiger partial charge in [0.15, 0.2) is 0 Å². The smallest absolute Gasteiger partial charge is 0.303 e. The molecule has 0 aromatic carbocycles. The number of aliphatic carboxylic acids is 1. The van der Waals surface area contributed by atoms with Crippen LogP contribution in [0.5, 0.6) is 0 Å². The van der Waals surface area contributed by atoms with Gasteiger partial charge in [-0.25, -0.2) is 13.1 Å². The molecule has 0 atom stereocenters. The van der Waals surface area contributed by atoms with E-state index in [1.165, 1.54) is 0 Å². The number of nitrogens with one attached hydrogen (secondary N) is 1. The van der Waals surface area contributed by atoms with Gasteiger partial charge in [-0.3, -0.25) is 4.79 Å². The lowest BCUT2D eigenvalue weighted by Crippen LogP contribution is -2.41. The average Bonchev–Trinajstić information content (AvgIpc) is 2.14. The summed E-state index contributed by atoms with van der Waals surface area (Å²) in [6.07, 6.45) is -0.0322. The van der Waals surface area contributed by atoms with Crippen molar-refractivity contribution in [2.75, 3.05) is 18.9 Å². The highest BCUT2D eigenvalue weighted by molar-refractivity contribution is 7.89. The van der Waals surface area contributed by atoms with E-state index in [0.29, 0.717) is 6.61 Å². The van der Waals surface area contributed by atoms with E-state index in [2.05, 4.69) is 4.72 Å². The molecule has 7 heteroatoms. The molecule has 0 bridgehead atoms. The highest BCUT2D eigenvalue weighted by atomic mass is 32.2.